The standard InChI is InChI=1S/C11H18/c1-4-6-8-10-11(3)9-7-5-2/h5-6,8-9,11H,4,10H2,1-3H3. The van der Waals surface area contributed by atoms with E-state index >= 15 is 0 Å². The van der Waals surface area contributed by atoms with Crippen LogP contribution in [0.2, 0.25) is 0 Å². The number of rotatable bonds is 4. The molecule has 0 aromatic heterocycles. The molecular formula is C11H18. The van der Waals surface area contributed by atoms with Crippen LogP contribution in [0.4, 0.5) is 0 Å². The van der Waals surface area contributed by atoms with Crippen LogP contribution in [0, 0.1) is 5.92 Å². The van der Waals surface area contributed by atoms with Crippen LogP contribution in [0.15, 0.2) is 30.0 Å². The molecule has 0 N–H and O–H groups in total. The fraction of sp³-hybridized carbons (Fsp3) is 0.545. The van der Waals surface area contributed by atoms with Gasteiger partial charge in [-0.3, -0.25) is 0 Å². The van der Waals surface area contributed by atoms with Crippen molar-refractivity contribution in [2.24, 2.45) is 5.92 Å². The molecule has 0 fully saturated rings. The minimum Gasteiger partial charge on any atom is -0.130 e. The average Bonchev–Trinajstić information content (AvgIpc) is 2.01. The summed E-state index contributed by atoms with van der Waals surface area (Å²) in [6.45, 7) is 6.35. The molecule has 11 heavy (non-hydrogen) atoms. The topological polar surface area (TPSA) is 0 Å². The Morgan fingerprint density at radius 2 is 2.09 bits per heavy atom. The molecule has 0 heterocycles. The van der Waals surface area contributed by atoms with Gasteiger partial charge >= 0.3 is 0 Å². The van der Waals surface area contributed by atoms with Crippen LogP contribution in [0.25, 0.3) is 0 Å². The Balaban J connectivity index is 3.60. The molecule has 62 valence electrons. The summed E-state index contributed by atoms with van der Waals surface area (Å²) in [4.78, 5) is 0. The van der Waals surface area contributed by atoms with Gasteiger partial charge in [0.1, 0.15) is 0 Å². The Labute approximate surface area is 70.3 Å². The largest absolute Gasteiger partial charge is 0.130 e. The van der Waals surface area contributed by atoms with E-state index in [2.05, 4.69) is 37.8 Å². The van der Waals surface area contributed by atoms with Crippen molar-refractivity contribution in [3.05, 3.63) is 30.0 Å². The summed E-state index contributed by atoms with van der Waals surface area (Å²) in [6, 6.07) is 0. The molecule has 0 aromatic carbocycles. The van der Waals surface area contributed by atoms with Gasteiger partial charge in [0.25, 0.3) is 0 Å². The number of hydrogen-bond donors (Lipinski definition) is 0. The Hall–Kier alpha value is -0.740. The third-order valence-electron chi connectivity index (χ3n) is 1.46. The predicted molar refractivity (Wildman–Crippen MR) is 51.5 cm³/mol. The molecule has 0 bridgehead atoms. The van der Waals surface area contributed by atoms with Gasteiger partial charge in [-0.2, -0.15) is 0 Å². The molecule has 0 saturated heterocycles. The first-order valence-electron chi connectivity index (χ1n) is 4.33. The van der Waals surface area contributed by atoms with Crippen molar-refractivity contribution in [1.29, 1.82) is 0 Å². The zero-order chi connectivity index (χ0) is 8.53. The second kappa shape index (κ2) is 7.37. The molecule has 0 radical (unpaired) electrons. The maximum atomic E-state index is 3.09. The van der Waals surface area contributed by atoms with Crippen molar-refractivity contribution in [1.82, 2.24) is 0 Å². The van der Waals surface area contributed by atoms with E-state index in [1.807, 2.05) is 13.0 Å². The Kier molecular flexibility index (Phi) is 6.87. The third-order valence-corrected chi connectivity index (χ3v) is 1.46. The third kappa shape index (κ3) is 7.15. The molecule has 1 unspecified atom stereocenters. The molecule has 0 nitrogen and oxygen atoms in total. The lowest BCUT2D eigenvalue weighted by Gasteiger charge is -1.97. The summed E-state index contributed by atoms with van der Waals surface area (Å²) in [6.07, 6.45) is 10.8. The highest BCUT2D eigenvalue weighted by Crippen LogP contribution is 2.03. The molecule has 0 rings (SSSR count). The van der Waals surface area contributed by atoms with E-state index in [0.29, 0.717) is 5.92 Å². The van der Waals surface area contributed by atoms with Crippen molar-refractivity contribution < 1.29 is 0 Å². The molecule has 0 aliphatic rings. The molecule has 0 spiro atoms. The monoisotopic (exact) mass is 150 g/mol. The summed E-state index contributed by atoms with van der Waals surface area (Å²) in [5.74, 6) is 0.619. The van der Waals surface area contributed by atoms with Gasteiger partial charge in [-0.25, -0.2) is 0 Å². The highest BCUT2D eigenvalue weighted by atomic mass is 13.9. The molecule has 0 aliphatic carbocycles. The van der Waals surface area contributed by atoms with E-state index in [4.69, 9.17) is 0 Å². The number of allylic oxidation sites excluding steroid dienone is 3. The zero-order valence-electron chi connectivity index (χ0n) is 7.80. The van der Waals surface area contributed by atoms with Gasteiger partial charge in [0.05, 0.1) is 0 Å². The second-order valence-electron chi connectivity index (χ2n) is 2.71. The first kappa shape index (κ1) is 10.3. The summed E-state index contributed by atoms with van der Waals surface area (Å²) in [5.41, 5.74) is 3.09. The Bertz CT molecular complexity index is 157. The SMILES string of the molecule is CC=C=CC(C)CC=CCC. The molecule has 0 amide bonds. The average molecular weight is 150 g/mol. The molecule has 0 saturated carbocycles. The zero-order valence-corrected chi connectivity index (χ0v) is 7.80. The highest BCUT2D eigenvalue weighted by Gasteiger charge is 1.89. The van der Waals surface area contributed by atoms with Crippen molar-refractivity contribution in [3.8, 4) is 0 Å². The van der Waals surface area contributed by atoms with Gasteiger partial charge in [0.2, 0.25) is 0 Å². The van der Waals surface area contributed by atoms with Gasteiger partial charge in [-0.05, 0) is 37.8 Å². The lowest BCUT2D eigenvalue weighted by Crippen LogP contribution is -1.83. The fourth-order valence-corrected chi connectivity index (χ4v) is 0.806. The van der Waals surface area contributed by atoms with Gasteiger partial charge in [0, 0.05) is 0 Å². The van der Waals surface area contributed by atoms with E-state index in [-0.39, 0.29) is 0 Å². The van der Waals surface area contributed by atoms with Gasteiger partial charge in [0.15, 0.2) is 0 Å². The summed E-state index contributed by atoms with van der Waals surface area (Å²) in [7, 11) is 0. The molecule has 0 heteroatoms. The van der Waals surface area contributed by atoms with E-state index in [9.17, 15) is 0 Å². The summed E-state index contributed by atoms with van der Waals surface area (Å²) in [5, 5.41) is 0. The molecule has 1 atom stereocenters. The van der Waals surface area contributed by atoms with Crippen molar-refractivity contribution in [2.75, 3.05) is 0 Å². The van der Waals surface area contributed by atoms with E-state index in [1.54, 1.807) is 0 Å². The normalized spacial score (nSPS) is 12.6. The minimum atomic E-state index is 0.619. The van der Waals surface area contributed by atoms with Crippen molar-refractivity contribution in [2.45, 2.75) is 33.6 Å². The lowest BCUT2D eigenvalue weighted by molar-refractivity contribution is 0.743. The van der Waals surface area contributed by atoms with Crippen LogP contribution in [0.1, 0.15) is 33.6 Å². The summed E-state index contributed by atoms with van der Waals surface area (Å²) < 4.78 is 0. The lowest BCUT2D eigenvalue weighted by atomic mass is 10.1. The first-order chi connectivity index (χ1) is 5.31. The van der Waals surface area contributed by atoms with Crippen LogP contribution in [-0.4, -0.2) is 0 Å². The predicted octanol–water partition coefficient (Wildman–Crippen LogP) is 3.71. The van der Waals surface area contributed by atoms with Gasteiger partial charge < -0.3 is 0 Å². The fourth-order valence-electron chi connectivity index (χ4n) is 0.806. The van der Waals surface area contributed by atoms with Gasteiger partial charge in [-0.15, -0.1) is 5.73 Å². The van der Waals surface area contributed by atoms with Crippen LogP contribution in [-0.2, 0) is 0 Å². The summed E-state index contributed by atoms with van der Waals surface area (Å²) >= 11 is 0. The van der Waals surface area contributed by atoms with Gasteiger partial charge in [-0.1, -0.05) is 26.0 Å². The van der Waals surface area contributed by atoms with Crippen LogP contribution in [0.5, 0.6) is 0 Å². The first-order valence-corrected chi connectivity index (χ1v) is 4.33. The molecular weight excluding hydrogens is 132 g/mol. The second-order valence-corrected chi connectivity index (χ2v) is 2.71. The maximum Gasteiger partial charge on any atom is -0.0151 e. The highest BCUT2D eigenvalue weighted by molar-refractivity contribution is 4.91. The minimum absolute atomic E-state index is 0.619. The number of hydrogen-bond acceptors (Lipinski definition) is 0. The van der Waals surface area contributed by atoms with Crippen LogP contribution in [0.3, 0.4) is 0 Å². The quantitative estimate of drug-likeness (QED) is 0.423. The molecule has 0 aliphatic heterocycles. The smallest absolute Gasteiger partial charge is 0.0151 e. The Morgan fingerprint density at radius 1 is 1.36 bits per heavy atom. The Morgan fingerprint density at radius 3 is 2.64 bits per heavy atom. The maximum absolute atomic E-state index is 3.09. The van der Waals surface area contributed by atoms with Crippen molar-refractivity contribution >= 4 is 0 Å². The van der Waals surface area contributed by atoms with E-state index in [1.165, 1.54) is 0 Å². The van der Waals surface area contributed by atoms with Crippen LogP contribution < -0.4 is 0 Å². The van der Waals surface area contributed by atoms with E-state index < -0.39 is 0 Å². The van der Waals surface area contributed by atoms with Crippen molar-refractivity contribution in [3.63, 3.8) is 0 Å². The van der Waals surface area contributed by atoms with E-state index in [0.717, 1.165) is 12.8 Å². The van der Waals surface area contributed by atoms with Crippen LogP contribution >= 0.6 is 0 Å². The molecule has 0 aromatic rings.